The lowest BCUT2D eigenvalue weighted by Gasteiger charge is -2.11. The molecule has 0 fully saturated rings. The lowest BCUT2D eigenvalue weighted by Crippen LogP contribution is -2.35. The molecular formula is C14H19NO5S. The minimum absolute atomic E-state index is 0.0273. The maximum Gasteiger partial charge on any atom is 0.305 e. The Balaban J connectivity index is 2.64. The van der Waals surface area contributed by atoms with Crippen molar-refractivity contribution in [3.63, 3.8) is 0 Å². The Morgan fingerprint density at radius 3 is 2.29 bits per heavy atom. The number of hydrogen-bond donors (Lipinski definition) is 2. The third kappa shape index (κ3) is 5.55. The standard InChI is InChI=1S/C14H19NO5S/c1-3-21(19,20)12-6-4-11(5-7-12)9-13(16)15-10(2)8-14(17)18/h4-7,10H,3,8-9H2,1-2H3,(H,15,16)(H,17,18). The molecule has 1 aromatic rings. The van der Waals surface area contributed by atoms with Gasteiger partial charge in [0.1, 0.15) is 0 Å². The van der Waals surface area contributed by atoms with Gasteiger partial charge in [-0.15, -0.1) is 0 Å². The van der Waals surface area contributed by atoms with E-state index in [1.165, 1.54) is 12.1 Å². The summed E-state index contributed by atoms with van der Waals surface area (Å²) in [6.45, 7) is 3.18. The molecule has 0 saturated heterocycles. The van der Waals surface area contributed by atoms with Crippen molar-refractivity contribution in [2.75, 3.05) is 5.75 Å². The summed E-state index contributed by atoms with van der Waals surface area (Å²) in [5, 5.41) is 11.2. The van der Waals surface area contributed by atoms with E-state index in [1.807, 2.05) is 0 Å². The third-order valence-electron chi connectivity index (χ3n) is 2.92. The van der Waals surface area contributed by atoms with E-state index in [0.717, 1.165) is 0 Å². The maximum atomic E-state index is 11.7. The number of nitrogens with one attached hydrogen (secondary N) is 1. The fraction of sp³-hybridized carbons (Fsp3) is 0.429. The van der Waals surface area contributed by atoms with Crippen LogP contribution in [0.4, 0.5) is 0 Å². The van der Waals surface area contributed by atoms with Crippen molar-refractivity contribution in [3.05, 3.63) is 29.8 Å². The van der Waals surface area contributed by atoms with Crippen molar-refractivity contribution < 1.29 is 23.1 Å². The van der Waals surface area contributed by atoms with Crippen LogP contribution in [0.1, 0.15) is 25.8 Å². The van der Waals surface area contributed by atoms with Gasteiger partial charge in [-0.25, -0.2) is 8.42 Å². The summed E-state index contributed by atoms with van der Waals surface area (Å²) in [5.41, 5.74) is 0.671. The van der Waals surface area contributed by atoms with Gasteiger partial charge in [0.05, 0.1) is 23.5 Å². The van der Waals surface area contributed by atoms with Crippen LogP contribution in [-0.2, 0) is 25.8 Å². The first-order valence-electron chi connectivity index (χ1n) is 6.57. The van der Waals surface area contributed by atoms with E-state index in [-0.39, 0.29) is 29.4 Å². The molecule has 6 nitrogen and oxygen atoms in total. The van der Waals surface area contributed by atoms with Crippen molar-refractivity contribution >= 4 is 21.7 Å². The monoisotopic (exact) mass is 313 g/mol. The van der Waals surface area contributed by atoms with E-state index in [2.05, 4.69) is 5.32 Å². The Morgan fingerprint density at radius 2 is 1.81 bits per heavy atom. The highest BCUT2D eigenvalue weighted by Gasteiger charge is 2.13. The minimum atomic E-state index is -3.24. The fourth-order valence-corrected chi connectivity index (χ4v) is 2.69. The summed E-state index contributed by atoms with van der Waals surface area (Å²) in [5.74, 6) is -1.24. The summed E-state index contributed by atoms with van der Waals surface area (Å²) >= 11 is 0. The topological polar surface area (TPSA) is 101 Å². The molecule has 0 saturated carbocycles. The van der Waals surface area contributed by atoms with Crippen molar-refractivity contribution in [1.29, 1.82) is 0 Å². The molecule has 0 heterocycles. The van der Waals surface area contributed by atoms with Crippen LogP contribution >= 0.6 is 0 Å². The second-order valence-corrected chi connectivity index (χ2v) is 7.07. The second kappa shape index (κ2) is 7.21. The number of amides is 1. The molecule has 0 spiro atoms. The van der Waals surface area contributed by atoms with Gasteiger partial charge in [-0.3, -0.25) is 9.59 Å². The first-order valence-corrected chi connectivity index (χ1v) is 8.22. The SMILES string of the molecule is CCS(=O)(=O)c1ccc(CC(=O)NC(C)CC(=O)O)cc1. The van der Waals surface area contributed by atoms with Gasteiger partial charge in [0.2, 0.25) is 5.91 Å². The van der Waals surface area contributed by atoms with Gasteiger partial charge >= 0.3 is 5.97 Å². The Labute approximate surface area is 124 Å². The number of rotatable bonds is 7. The molecule has 116 valence electrons. The molecule has 21 heavy (non-hydrogen) atoms. The molecule has 2 N–H and O–H groups in total. The number of hydrogen-bond acceptors (Lipinski definition) is 4. The number of aliphatic carboxylic acids is 1. The van der Waals surface area contributed by atoms with E-state index in [1.54, 1.807) is 26.0 Å². The van der Waals surface area contributed by atoms with Gasteiger partial charge in [0.15, 0.2) is 9.84 Å². The average molecular weight is 313 g/mol. The molecule has 1 amide bonds. The Morgan fingerprint density at radius 1 is 1.24 bits per heavy atom. The Bertz CT molecular complexity index is 607. The lowest BCUT2D eigenvalue weighted by molar-refractivity contribution is -0.137. The zero-order valence-electron chi connectivity index (χ0n) is 12.0. The van der Waals surface area contributed by atoms with Crippen molar-refractivity contribution in [2.45, 2.75) is 37.6 Å². The molecule has 1 atom stereocenters. The van der Waals surface area contributed by atoms with E-state index in [4.69, 9.17) is 5.11 Å². The fourth-order valence-electron chi connectivity index (χ4n) is 1.81. The summed E-state index contributed by atoms with van der Waals surface area (Å²) in [4.78, 5) is 22.5. The molecule has 0 aliphatic carbocycles. The first kappa shape index (κ1) is 17.2. The van der Waals surface area contributed by atoms with E-state index >= 15 is 0 Å². The minimum Gasteiger partial charge on any atom is -0.481 e. The van der Waals surface area contributed by atoms with Crippen molar-refractivity contribution in [1.82, 2.24) is 5.32 Å². The molecule has 1 unspecified atom stereocenters. The molecule has 0 radical (unpaired) electrons. The molecule has 1 aromatic carbocycles. The third-order valence-corrected chi connectivity index (χ3v) is 4.67. The zero-order chi connectivity index (χ0) is 16.0. The van der Waals surface area contributed by atoms with Gasteiger partial charge in [0, 0.05) is 6.04 Å². The number of benzene rings is 1. The largest absolute Gasteiger partial charge is 0.481 e. The zero-order valence-corrected chi connectivity index (χ0v) is 12.8. The number of carboxylic acids is 1. The smallest absolute Gasteiger partial charge is 0.305 e. The Hall–Kier alpha value is -1.89. The lowest BCUT2D eigenvalue weighted by atomic mass is 10.1. The number of sulfone groups is 1. The molecule has 0 aliphatic rings. The van der Waals surface area contributed by atoms with Crippen molar-refractivity contribution in [2.24, 2.45) is 0 Å². The van der Waals surface area contributed by atoms with Crippen LogP contribution in [0.15, 0.2) is 29.2 Å². The Kier molecular flexibility index (Phi) is 5.90. The van der Waals surface area contributed by atoms with Crippen LogP contribution < -0.4 is 5.32 Å². The van der Waals surface area contributed by atoms with Gasteiger partial charge in [-0.1, -0.05) is 19.1 Å². The van der Waals surface area contributed by atoms with Gasteiger partial charge in [-0.2, -0.15) is 0 Å². The van der Waals surface area contributed by atoms with E-state index < -0.39 is 21.8 Å². The molecular weight excluding hydrogens is 294 g/mol. The van der Waals surface area contributed by atoms with E-state index in [0.29, 0.717) is 5.56 Å². The summed E-state index contributed by atoms with van der Waals surface area (Å²) in [7, 11) is -3.24. The summed E-state index contributed by atoms with van der Waals surface area (Å²) < 4.78 is 23.3. The van der Waals surface area contributed by atoms with Crippen LogP contribution in [-0.4, -0.2) is 37.2 Å². The molecule has 0 bridgehead atoms. The highest BCUT2D eigenvalue weighted by molar-refractivity contribution is 7.91. The van der Waals surface area contributed by atoms with Gasteiger partial charge in [-0.05, 0) is 24.6 Å². The van der Waals surface area contributed by atoms with E-state index in [9.17, 15) is 18.0 Å². The predicted molar refractivity (Wildman–Crippen MR) is 77.7 cm³/mol. The normalized spacial score (nSPS) is 12.7. The predicted octanol–water partition coefficient (Wildman–Crippen LogP) is 1.00. The van der Waals surface area contributed by atoms with Crippen LogP contribution in [0.25, 0.3) is 0 Å². The van der Waals surface area contributed by atoms with Crippen LogP contribution in [0.3, 0.4) is 0 Å². The highest BCUT2D eigenvalue weighted by Crippen LogP contribution is 2.12. The maximum absolute atomic E-state index is 11.7. The quantitative estimate of drug-likeness (QED) is 0.782. The molecule has 7 heteroatoms. The molecule has 0 aromatic heterocycles. The first-order chi connectivity index (χ1) is 9.74. The number of carboxylic acid groups (broad SMARTS) is 1. The van der Waals surface area contributed by atoms with Crippen LogP contribution in [0.2, 0.25) is 0 Å². The number of carbonyl (C=O) groups excluding carboxylic acids is 1. The molecule has 1 rings (SSSR count). The van der Waals surface area contributed by atoms with Gasteiger partial charge < -0.3 is 10.4 Å². The highest BCUT2D eigenvalue weighted by atomic mass is 32.2. The van der Waals surface area contributed by atoms with Crippen molar-refractivity contribution in [3.8, 4) is 0 Å². The average Bonchev–Trinajstić information content (AvgIpc) is 2.38. The summed E-state index contributed by atoms with van der Waals surface area (Å²) in [6.07, 6.45) is -0.0597. The van der Waals surface area contributed by atoms with Gasteiger partial charge in [0.25, 0.3) is 0 Å². The summed E-state index contributed by atoms with van der Waals surface area (Å²) in [6, 6.07) is 5.67. The number of carbonyl (C=O) groups is 2. The molecule has 0 aliphatic heterocycles. The second-order valence-electron chi connectivity index (χ2n) is 4.79. The van der Waals surface area contributed by atoms with Crippen LogP contribution in [0.5, 0.6) is 0 Å². The van der Waals surface area contributed by atoms with Crippen LogP contribution in [0, 0.1) is 0 Å².